The number of amides is 1. The predicted molar refractivity (Wildman–Crippen MR) is 81.5 cm³/mol. The quantitative estimate of drug-likeness (QED) is 0.488. The molecule has 0 radical (unpaired) electrons. The molecular formula is C14H9F2N9O. The number of hydrogen-bond acceptors (Lipinski definition) is 7. The summed E-state index contributed by atoms with van der Waals surface area (Å²) in [7, 11) is 0. The molecule has 1 atom stereocenters. The SMILES string of the molecule is O=C(NC(c1nn[nH]n1)c1cc(F)ccc1F)c1ncnc2nc[nH]c12. The number of hydrogen-bond donors (Lipinski definition) is 3. The Balaban J connectivity index is 1.75. The third-order valence-corrected chi connectivity index (χ3v) is 3.60. The number of nitrogens with zero attached hydrogens (tertiary/aromatic N) is 6. The Bertz CT molecular complexity index is 1080. The van der Waals surface area contributed by atoms with Crippen LogP contribution >= 0.6 is 0 Å². The summed E-state index contributed by atoms with van der Waals surface area (Å²) in [6.45, 7) is 0. The summed E-state index contributed by atoms with van der Waals surface area (Å²) in [5, 5.41) is 15.7. The van der Waals surface area contributed by atoms with Gasteiger partial charge < -0.3 is 10.3 Å². The molecule has 0 spiro atoms. The number of nitrogens with one attached hydrogen (secondary N) is 3. The van der Waals surface area contributed by atoms with Gasteiger partial charge in [0.05, 0.1) is 6.33 Å². The highest BCUT2D eigenvalue weighted by molar-refractivity contribution is 6.02. The Morgan fingerprint density at radius 2 is 2.08 bits per heavy atom. The number of carbonyl (C=O) groups is 1. The maximum atomic E-state index is 14.2. The number of aromatic nitrogens is 8. The van der Waals surface area contributed by atoms with Gasteiger partial charge in [0.15, 0.2) is 11.3 Å². The zero-order chi connectivity index (χ0) is 18.1. The number of imidazole rings is 1. The molecule has 4 rings (SSSR count). The van der Waals surface area contributed by atoms with E-state index in [0.29, 0.717) is 5.52 Å². The lowest BCUT2D eigenvalue weighted by Crippen LogP contribution is -2.31. The topological polar surface area (TPSA) is 138 Å². The maximum Gasteiger partial charge on any atom is 0.273 e. The van der Waals surface area contributed by atoms with Crippen LogP contribution in [-0.4, -0.2) is 46.5 Å². The van der Waals surface area contributed by atoms with Crippen LogP contribution in [0.2, 0.25) is 0 Å². The molecule has 0 bridgehead atoms. The second-order valence-corrected chi connectivity index (χ2v) is 5.17. The molecule has 4 aromatic rings. The monoisotopic (exact) mass is 357 g/mol. The van der Waals surface area contributed by atoms with Crippen LogP contribution in [0.15, 0.2) is 30.9 Å². The normalized spacial score (nSPS) is 12.2. The van der Waals surface area contributed by atoms with Crippen molar-refractivity contribution in [2.75, 3.05) is 0 Å². The van der Waals surface area contributed by atoms with Gasteiger partial charge >= 0.3 is 0 Å². The summed E-state index contributed by atoms with van der Waals surface area (Å²) >= 11 is 0. The zero-order valence-corrected chi connectivity index (χ0v) is 12.8. The number of tetrazole rings is 1. The highest BCUT2D eigenvalue weighted by atomic mass is 19.1. The molecular weight excluding hydrogens is 348 g/mol. The molecule has 3 aromatic heterocycles. The van der Waals surface area contributed by atoms with E-state index < -0.39 is 23.6 Å². The minimum Gasteiger partial charge on any atom is -0.341 e. The lowest BCUT2D eigenvalue weighted by Gasteiger charge is -2.16. The van der Waals surface area contributed by atoms with Crippen molar-refractivity contribution in [3.8, 4) is 0 Å². The standard InChI is InChI=1S/C14H9F2N9O/c15-6-1-2-8(16)7(3-6)9(13-22-24-25-23-13)21-14(26)11-10-12(19-4-17-10)20-5-18-11/h1-5,9H,(H,21,26)(H,17,18,19,20)(H,22,23,24,25). The Morgan fingerprint density at radius 3 is 2.88 bits per heavy atom. The van der Waals surface area contributed by atoms with E-state index in [0.717, 1.165) is 18.2 Å². The van der Waals surface area contributed by atoms with E-state index >= 15 is 0 Å². The summed E-state index contributed by atoms with van der Waals surface area (Å²) in [6, 6.07) is 1.67. The number of H-pyrrole nitrogens is 2. The van der Waals surface area contributed by atoms with E-state index in [1.807, 2.05) is 0 Å². The Morgan fingerprint density at radius 1 is 1.19 bits per heavy atom. The molecule has 1 aromatic carbocycles. The van der Waals surface area contributed by atoms with Crippen LogP contribution in [0.25, 0.3) is 11.2 Å². The first-order chi connectivity index (χ1) is 12.6. The third kappa shape index (κ3) is 2.72. The third-order valence-electron chi connectivity index (χ3n) is 3.60. The first-order valence-corrected chi connectivity index (χ1v) is 7.26. The maximum absolute atomic E-state index is 14.2. The highest BCUT2D eigenvalue weighted by Gasteiger charge is 2.26. The molecule has 0 aliphatic heterocycles. The van der Waals surface area contributed by atoms with Crippen molar-refractivity contribution in [1.29, 1.82) is 0 Å². The van der Waals surface area contributed by atoms with Crippen molar-refractivity contribution in [3.63, 3.8) is 0 Å². The number of fused-ring (bicyclic) bond motifs is 1. The van der Waals surface area contributed by atoms with Crippen LogP contribution in [0, 0.1) is 11.6 Å². The Kier molecular flexibility index (Phi) is 3.76. The first kappa shape index (κ1) is 15.7. The minimum absolute atomic E-state index is 0.0159. The van der Waals surface area contributed by atoms with E-state index in [2.05, 4.69) is 45.9 Å². The molecule has 26 heavy (non-hydrogen) atoms. The van der Waals surface area contributed by atoms with Gasteiger partial charge in [0.25, 0.3) is 5.91 Å². The van der Waals surface area contributed by atoms with Crippen LogP contribution in [0.1, 0.15) is 27.9 Å². The molecule has 1 unspecified atom stereocenters. The summed E-state index contributed by atoms with van der Waals surface area (Å²) in [4.78, 5) is 27.2. The van der Waals surface area contributed by atoms with Gasteiger partial charge in [-0.1, -0.05) is 5.21 Å². The van der Waals surface area contributed by atoms with E-state index in [-0.39, 0.29) is 22.7 Å². The van der Waals surface area contributed by atoms with Crippen molar-refractivity contribution < 1.29 is 13.6 Å². The van der Waals surface area contributed by atoms with Crippen molar-refractivity contribution in [2.24, 2.45) is 0 Å². The van der Waals surface area contributed by atoms with Gasteiger partial charge in [-0.15, -0.1) is 10.2 Å². The van der Waals surface area contributed by atoms with Crippen molar-refractivity contribution in [3.05, 3.63) is 59.6 Å². The summed E-state index contributed by atoms with van der Waals surface area (Å²) in [5.74, 6) is -2.14. The van der Waals surface area contributed by atoms with Crippen LogP contribution in [0.5, 0.6) is 0 Å². The Hall–Kier alpha value is -3.83. The van der Waals surface area contributed by atoms with Crippen LogP contribution in [0.4, 0.5) is 8.78 Å². The van der Waals surface area contributed by atoms with Gasteiger partial charge in [0, 0.05) is 5.56 Å². The Labute approximate surface area is 143 Å². The lowest BCUT2D eigenvalue weighted by atomic mass is 10.0. The number of carbonyl (C=O) groups excluding carboxylic acids is 1. The highest BCUT2D eigenvalue weighted by Crippen LogP contribution is 2.23. The summed E-state index contributed by atoms with van der Waals surface area (Å²) in [6.07, 6.45) is 2.53. The van der Waals surface area contributed by atoms with Crippen molar-refractivity contribution in [2.45, 2.75) is 6.04 Å². The largest absolute Gasteiger partial charge is 0.341 e. The molecule has 3 N–H and O–H groups in total. The van der Waals surface area contributed by atoms with Crippen molar-refractivity contribution >= 4 is 17.1 Å². The molecule has 10 nitrogen and oxygen atoms in total. The minimum atomic E-state index is -1.19. The fourth-order valence-corrected chi connectivity index (χ4v) is 2.45. The molecule has 130 valence electrons. The van der Waals surface area contributed by atoms with E-state index in [4.69, 9.17) is 0 Å². The van der Waals surface area contributed by atoms with Crippen molar-refractivity contribution in [1.82, 2.24) is 45.9 Å². The number of benzene rings is 1. The van der Waals surface area contributed by atoms with Crippen LogP contribution in [0.3, 0.4) is 0 Å². The average Bonchev–Trinajstić information content (AvgIpc) is 3.32. The van der Waals surface area contributed by atoms with Crippen LogP contribution < -0.4 is 5.32 Å². The fourth-order valence-electron chi connectivity index (χ4n) is 2.45. The second kappa shape index (κ2) is 6.23. The van der Waals surface area contributed by atoms with Gasteiger partial charge in [-0.25, -0.2) is 23.7 Å². The van der Waals surface area contributed by atoms with Gasteiger partial charge in [-0.05, 0) is 18.2 Å². The molecule has 3 heterocycles. The van der Waals surface area contributed by atoms with Gasteiger partial charge in [-0.3, -0.25) is 4.79 Å². The molecule has 0 fully saturated rings. The molecule has 0 aliphatic rings. The molecule has 0 saturated carbocycles. The van der Waals surface area contributed by atoms with Gasteiger partial charge in [-0.2, -0.15) is 5.21 Å². The summed E-state index contributed by atoms with van der Waals surface area (Å²) < 4.78 is 27.8. The summed E-state index contributed by atoms with van der Waals surface area (Å²) in [5.41, 5.74) is 0.419. The number of rotatable bonds is 4. The van der Waals surface area contributed by atoms with Crippen LogP contribution in [-0.2, 0) is 0 Å². The zero-order valence-electron chi connectivity index (χ0n) is 12.8. The molecule has 1 amide bonds. The second-order valence-electron chi connectivity index (χ2n) is 5.17. The molecule has 0 saturated heterocycles. The van der Waals surface area contributed by atoms with Gasteiger partial charge in [0.2, 0.25) is 5.82 Å². The first-order valence-electron chi connectivity index (χ1n) is 7.26. The smallest absolute Gasteiger partial charge is 0.273 e. The van der Waals surface area contributed by atoms with Gasteiger partial charge in [0.1, 0.15) is 29.5 Å². The molecule has 12 heteroatoms. The predicted octanol–water partition coefficient (Wildman–Crippen LogP) is 0.664. The number of aromatic amines is 2. The average molecular weight is 357 g/mol. The number of halogens is 2. The van der Waals surface area contributed by atoms with E-state index in [1.165, 1.54) is 12.7 Å². The van der Waals surface area contributed by atoms with E-state index in [9.17, 15) is 13.6 Å². The fraction of sp³-hybridized carbons (Fsp3) is 0.0714. The van der Waals surface area contributed by atoms with E-state index in [1.54, 1.807) is 0 Å². The lowest BCUT2D eigenvalue weighted by molar-refractivity contribution is 0.0937. The molecule has 0 aliphatic carbocycles.